The van der Waals surface area contributed by atoms with Crippen molar-refractivity contribution in [2.45, 2.75) is 18.6 Å². The van der Waals surface area contributed by atoms with Gasteiger partial charge in [0.05, 0.1) is 18.8 Å². The van der Waals surface area contributed by atoms with Crippen LogP contribution in [0.5, 0.6) is 0 Å². The Hall–Kier alpha value is -0.850. The third kappa shape index (κ3) is 2.58. The molecule has 0 saturated carbocycles. The summed E-state index contributed by atoms with van der Waals surface area (Å²) in [6, 6.07) is 0.00273. The number of nitrogens with zero attached hydrogens (tertiary/aromatic N) is 1. The number of piperazine rings is 1. The number of carboxylic acid groups (broad SMARTS) is 1. The number of amides is 1. The second-order valence-electron chi connectivity index (χ2n) is 3.85. The molecule has 15 heavy (non-hydrogen) atoms. The minimum absolute atomic E-state index is 0.00273. The van der Waals surface area contributed by atoms with Crippen molar-refractivity contribution >= 4 is 6.09 Å². The highest BCUT2D eigenvalue weighted by Crippen LogP contribution is 2.15. The standard InChI is InChI=1S/C9H16N2O4/c12-9(13)11-2-1-10-4-7(11)3-8-5-14-6-15-8/h7-8,10H,1-6H2,(H,12,13). The highest BCUT2D eigenvalue weighted by molar-refractivity contribution is 5.65. The Morgan fingerprint density at radius 3 is 3.13 bits per heavy atom. The van der Waals surface area contributed by atoms with Crippen LogP contribution < -0.4 is 5.32 Å². The fourth-order valence-electron chi connectivity index (χ4n) is 2.03. The Morgan fingerprint density at radius 1 is 1.60 bits per heavy atom. The Morgan fingerprint density at radius 2 is 2.47 bits per heavy atom. The first-order chi connectivity index (χ1) is 7.27. The Balaban J connectivity index is 1.89. The number of rotatable bonds is 2. The second kappa shape index (κ2) is 4.78. The molecule has 2 rings (SSSR count). The average Bonchev–Trinajstić information content (AvgIpc) is 2.71. The van der Waals surface area contributed by atoms with E-state index in [2.05, 4.69) is 5.32 Å². The van der Waals surface area contributed by atoms with Crippen LogP contribution in [-0.4, -0.2) is 61.3 Å². The quantitative estimate of drug-likeness (QED) is 0.663. The fourth-order valence-corrected chi connectivity index (χ4v) is 2.03. The summed E-state index contributed by atoms with van der Waals surface area (Å²) in [4.78, 5) is 12.4. The maximum absolute atomic E-state index is 11.0. The van der Waals surface area contributed by atoms with Gasteiger partial charge in [0.2, 0.25) is 0 Å². The summed E-state index contributed by atoms with van der Waals surface area (Å²) in [5.41, 5.74) is 0. The minimum Gasteiger partial charge on any atom is -0.465 e. The van der Waals surface area contributed by atoms with E-state index in [1.54, 1.807) is 0 Å². The molecule has 2 N–H and O–H groups in total. The molecule has 0 aromatic rings. The lowest BCUT2D eigenvalue weighted by atomic mass is 10.1. The summed E-state index contributed by atoms with van der Waals surface area (Å²) in [5.74, 6) is 0. The summed E-state index contributed by atoms with van der Waals surface area (Å²) in [6.07, 6.45) is -0.101. The van der Waals surface area contributed by atoms with Gasteiger partial charge < -0.3 is 24.8 Å². The lowest BCUT2D eigenvalue weighted by Crippen LogP contribution is -2.54. The summed E-state index contributed by atoms with van der Waals surface area (Å²) in [6.45, 7) is 2.88. The lowest BCUT2D eigenvalue weighted by Gasteiger charge is -2.35. The maximum Gasteiger partial charge on any atom is 0.407 e. The lowest BCUT2D eigenvalue weighted by molar-refractivity contribution is 0.0318. The largest absolute Gasteiger partial charge is 0.465 e. The predicted molar refractivity (Wildman–Crippen MR) is 51.7 cm³/mol. The van der Waals surface area contributed by atoms with E-state index < -0.39 is 6.09 Å². The zero-order chi connectivity index (χ0) is 10.7. The van der Waals surface area contributed by atoms with Crippen LogP contribution in [0.1, 0.15) is 6.42 Å². The summed E-state index contributed by atoms with van der Waals surface area (Å²) in [5, 5.41) is 12.2. The van der Waals surface area contributed by atoms with Crippen molar-refractivity contribution in [1.82, 2.24) is 10.2 Å². The van der Waals surface area contributed by atoms with E-state index in [0.717, 1.165) is 6.54 Å². The van der Waals surface area contributed by atoms with Crippen molar-refractivity contribution in [3.8, 4) is 0 Å². The van der Waals surface area contributed by atoms with Gasteiger partial charge in [0, 0.05) is 19.6 Å². The van der Waals surface area contributed by atoms with E-state index in [1.807, 2.05) is 0 Å². The molecular weight excluding hydrogens is 200 g/mol. The van der Waals surface area contributed by atoms with Gasteiger partial charge in [-0.1, -0.05) is 0 Å². The van der Waals surface area contributed by atoms with Crippen molar-refractivity contribution in [1.29, 1.82) is 0 Å². The first-order valence-electron chi connectivity index (χ1n) is 5.17. The Kier molecular flexibility index (Phi) is 3.40. The van der Waals surface area contributed by atoms with Crippen LogP contribution in [0.2, 0.25) is 0 Å². The zero-order valence-corrected chi connectivity index (χ0v) is 8.52. The van der Waals surface area contributed by atoms with E-state index >= 15 is 0 Å². The second-order valence-corrected chi connectivity index (χ2v) is 3.85. The van der Waals surface area contributed by atoms with Crippen molar-refractivity contribution in [3.05, 3.63) is 0 Å². The van der Waals surface area contributed by atoms with Crippen LogP contribution in [0.25, 0.3) is 0 Å². The van der Waals surface area contributed by atoms with Crippen molar-refractivity contribution in [2.24, 2.45) is 0 Å². The number of nitrogens with one attached hydrogen (secondary N) is 1. The molecule has 2 unspecified atom stereocenters. The number of carbonyl (C=O) groups is 1. The molecule has 2 aliphatic rings. The van der Waals surface area contributed by atoms with Gasteiger partial charge in [-0.05, 0) is 6.42 Å². The van der Waals surface area contributed by atoms with Crippen LogP contribution in [-0.2, 0) is 9.47 Å². The highest BCUT2D eigenvalue weighted by atomic mass is 16.7. The molecule has 86 valence electrons. The molecule has 0 spiro atoms. The molecule has 2 fully saturated rings. The summed E-state index contributed by atoms with van der Waals surface area (Å²) < 4.78 is 10.4. The SMILES string of the molecule is O=C(O)N1CCNCC1CC1COCO1. The molecule has 0 aromatic carbocycles. The highest BCUT2D eigenvalue weighted by Gasteiger charge is 2.30. The smallest absolute Gasteiger partial charge is 0.407 e. The fraction of sp³-hybridized carbons (Fsp3) is 0.889. The zero-order valence-electron chi connectivity index (χ0n) is 8.52. The monoisotopic (exact) mass is 216 g/mol. The molecule has 0 bridgehead atoms. The molecular formula is C9H16N2O4. The van der Waals surface area contributed by atoms with Gasteiger partial charge >= 0.3 is 6.09 Å². The number of hydrogen-bond acceptors (Lipinski definition) is 4. The van der Waals surface area contributed by atoms with Gasteiger partial charge in [-0.2, -0.15) is 0 Å². The molecule has 1 amide bonds. The summed E-state index contributed by atoms with van der Waals surface area (Å²) >= 11 is 0. The molecule has 0 radical (unpaired) electrons. The third-order valence-electron chi connectivity index (χ3n) is 2.82. The molecule has 2 saturated heterocycles. The van der Waals surface area contributed by atoms with Crippen LogP contribution in [0.15, 0.2) is 0 Å². The van der Waals surface area contributed by atoms with Gasteiger partial charge in [-0.15, -0.1) is 0 Å². The molecule has 2 aliphatic heterocycles. The molecule has 0 aliphatic carbocycles. The van der Waals surface area contributed by atoms with Crippen molar-refractivity contribution in [2.75, 3.05) is 33.0 Å². The first kappa shape index (κ1) is 10.7. The van der Waals surface area contributed by atoms with Gasteiger partial charge in [0.1, 0.15) is 6.79 Å². The van der Waals surface area contributed by atoms with Crippen LogP contribution in [0.4, 0.5) is 4.79 Å². The maximum atomic E-state index is 11.0. The predicted octanol–water partition coefficient (Wildman–Crippen LogP) is -0.299. The number of hydrogen-bond donors (Lipinski definition) is 2. The van der Waals surface area contributed by atoms with E-state index in [4.69, 9.17) is 14.6 Å². The average molecular weight is 216 g/mol. The summed E-state index contributed by atoms with van der Waals surface area (Å²) in [7, 11) is 0. The van der Waals surface area contributed by atoms with E-state index in [0.29, 0.717) is 32.9 Å². The van der Waals surface area contributed by atoms with Crippen LogP contribution >= 0.6 is 0 Å². The molecule has 6 heteroatoms. The van der Waals surface area contributed by atoms with Crippen molar-refractivity contribution in [3.63, 3.8) is 0 Å². The van der Waals surface area contributed by atoms with Gasteiger partial charge in [-0.25, -0.2) is 4.79 Å². The van der Waals surface area contributed by atoms with Crippen molar-refractivity contribution < 1.29 is 19.4 Å². The molecule has 2 atom stereocenters. The first-order valence-corrected chi connectivity index (χ1v) is 5.17. The van der Waals surface area contributed by atoms with E-state index in [-0.39, 0.29) is 12.1 Å². The van der Waals surface area contributed by atoms with E-state index in [9.17, 15) is 4.79 Å². The molecule has 0 aromatic heterocycles. The van der Waals surface area contributed by atoms with Gasteiger partial charge in [0.25, 0.3) is 0 Å². The molecule has 6 nitrogen and oxygen atoms in total. The number of ether oxygens (including phenoxy) is 2. The normalized spacial score (nSPS) is 31.9. The third-order valence-corrected chi connectivity index (χ3v) is 2.82. The van der Waals surface area contributed by atoms with Gasteiger partial charge in [-0.3, -0.25) is 0 Å². The Bertz CT molecular complexity index is 230. The van der Waals surface area contributed by atoms with E-state index in [1.165, 1.54) is 4.90 Å². The Labute approximate surface area is 88.1 Å². The van der Waals surface area contributed by atoms with Crippen LogP contribution in [0, 0.1) is 0 Å². The topological polar surface area (TPSA) is 71.0 Å². The van der Waals surface area contributed by atoms with Crippen LogP contribution in [0.3, 0.4) is 0 Å². The minimum atomic E-state index is -0.847. The molecule has 2 heterocycles. The van der Waals surface area contributed by atoms with Gasteiger partial charge in [0.15, 0.2) is 0 Å².